The molecule has 0 amide bonds. The number of methoxy groups -OCH3 is 1. The molecule has 1 aromatic carbocycles. The topological polar surface area (TPSA) is 21.3 Å². The molecular formula is C16H26FNO. The van der Waals surface area contributed by atoms with Crippen molar-refractivity contribution in [3.05, 3.63) is 35.6 Å². The van der Waals surface area contributed by atoms with E-state index in [1.165, 1.54) is 0 Å². The molecule has 19 heavy (non-hydrogen) atoms. The molecule has 0 radical (unpaired) electrons. The number of hydrogen-bond acceptors (Lipinski definition) is 2. The maximum atomic E-state index is 13.9. The van der Waals surface area contributed by atoms with Crippen LogP contribution in [-0.4, -0.2) is 26.8 Å². The van der Waals surface area contributed by atoms with Crippen LogP contribution in [0.3, 0.4) is 0 Å². The van der Waals surface area contributed by atoms with Crippen LogP contribution in [0.15, 0.2) is 24.3 Å². The third-order valence-electron chi connectivity index (χ3n) is 3.31. The molecule has 0 aliphatic carbocycles. The number of nitrogens with one attached hydrogen (secondary N) is 1. The standard InChI is InChI=1S/C16H26FNO/c1-13(2)8-9-14(12-18-10-11-19-3)15-6-4-5-7-16(15)17/h4-7,13-14,18H,8-12H2,1-3H3. The Hall–Kier alpha value is -0.930. The average molecular weight is 267 g/mol. The maximum absolute atomic E-state index is 13.9. The Kier molecular flexibility index (Phi) is 7.68. The van der Waals surface area contributed by atoms with Gasteiger partial charge in [-0.2, -0.15) is 0 Å². The van der Waals surface area contributed by atoms with Crippen LogP contribution >= 0.6 is 0 Å². The highest BCUT2D eigenvalue weighted by Gasteiger charge is 2.15. The van der Waals surface area contributed by atoms with Crippen molar-refractivity contribution in [2.75, 3.05) is 26.8 Å². The van der Waals surface area contributed by atoms with E-state index in [0.29, 0.717) is 12.5 Å². The minimum Gasteiger partial charge on any atom is -0.383 e. The summed E-state index contributed by atoms with van der Waals surface area (Å²) in [5.74, 6) is 0.790. The van der Waals surface area contributed by atoms with Gasteiger partial charge < -0.3 is 10.1 Å². The summed E-state index contributed by atoms with van der Waals surface area (Å²) >= 11 is 0. The summed E-state index contributed by atoms with van der Waals surface area (Å²) in [6.45, 7) is 6.71. The summed E-state index contributed by atoms with van der Waals surface area (Å²) in [5.41, 5.74) is 0.827. The van der Waals surface area contributed by atoms with Crippen LogP contribution in [0.1, 0.15) is 38.2 Å². The quantitative estimate of drug-likeness (QED) is 0.690. The lowest BCUT2D eigenvalue weighted by molar-refractivity contribution is 0.198. The van der Waals surface area contributed by atoms with Crippen LogP contribution in [0.4, 0.5) is 4.39 Å². The molecule has 0 aliphatic rings. The van der Waals surface area contributed by atoms with Crippen molar-refractivity contribution in [1.29, 1.82) is 0 Å². The molecule has 0 spiro atoms. The molecule has 0 fully saturated rings. The predicted octanol–water partition coefficient (Wildman–Crippen LogP) is 3.58. The van der Waals surface area contributed by atoms with Gasteiger partial charge in [0.2, 0.25) is 0 Å². The molecule has 3 heteroatoms. The fourth-order valence-corrected chi connectivity index (χ4v) is 2.16. The van der Waals surface area contributed by atoms with Crippen molar-refractivity contribution in [3.63, 3.8) is 0 Å². The van der Waals surface area contributed by atoms with Gasteiger partial charge in [-0.15, -0.1) is 0 Å². The van der Waals surface area contributed by atoms with Gasteiger partial charge in [0, 0.05) is 20.2 Å². The van der Waals surface area contributed by atoms with Crippen molar-refractivity contribution in [3.8, 4) is 0 Å². The highest BCUT2D eigenvalue weighted by molar-refractivity contribution is 5.22. The van der Waals surface area contributed by atoms with E-state index >= 15 is 0 Å². The number of benzene rings is 1. The van der Waals surface area contributed by atoms with E-state index in [1.54, 1.807) is 19.2 Å². The Morgan fingerprint density at radius 1 is 1.21 bits per heavy atom. The molecule has 0 bridgehead atoms. The minimum atomic E-state index is -0.0928. The van der Waals surface area contributed by atoms with Gasteiger partial charge >= 0.3 is 0 Å². The number of halogens is 1. The van der Waals surface area contributed by atoms with Crippen molar-refractivity contribution < 1.29 is 9.13 Å². The first-order valence-electron chi connectivity index (χ1n) is 7.09. The Morgan fingerprint density at radius 2 is 1.95 bits per heavy atom. The lowest BCUT2D eigenvalue weighted by Gasteiger charge is -2.19. The second-order valence-electron chi connectivity index (χ2n) is 5.39. The minimum absolute atomic E-state index is 0.0928. The van der Waals surface area contributed by atoms with E-state index in [2.05, 4.69) is 19.2 Å². The molecule has 1 rings (SSSR count). The van der Waals surface area contributed by atoms with Gasteiger partial charge in [0.15, 0.2) is 0 Å². The van der Waals surface area contributed by atoms with Crippen molar-refractivity contribution in [2.45, 2.75) is 32.6 Å². The Morgan fingerprint density at radius 3 is 2.58 bits per heavy atom. The third-order valence-corrected chi connectivity index (χ3v) is 3.31. The van der Waals surface area contributed by atoms with Gasteiger partial charge in [0.1, 0.15) is 5.82 Å². The van der Waals surface area contributed by atoms with Crippen LogP contribution in [-0.2, 0) is 4.74 Å². The summed E-state index contributed by atoms with van der Waals surface area (Å²) < 4.78 is 18.9. The van der Waals surface area contributed by atoms with E-state index in [1.807, 2.05) is 12.1 Å². The molecule has 1 N–H and O–H groups in total. The molecule has 1 aromatic rings. The van der Waals surface area contributed by atoms with Crippen LogP contribution < -0.4 is 5.32 Å². The molecule has 0 aliphatic heterocycles. The molecular weight excluding hydrogens is 241 g/mol. The molecule has 0 aromatic heterocycles. The fourth-order valence-electron chi connectivity index (χ4n) is 2.16. The monoisotopic (exact) mass is 267 g/mol. The lowest BCUT2D eigenvalue weighted by Crippen LogP contribution is -2.25. The van der Waals surface area contributed by atoms with Gasteiger partial charge in [0.25, 0.3) is 0 Å². The van der Waals surface area contributed by atoms with Crippen LogP contribution in [0, 0.1) is 11.7 Å². The summed E-state index contributed by atoms with van der Waals surface area (Å²) in [5, 5.41) is 3.34. The van der Waals surface area contributed by atoms with E-state index in [-0.39, 0.29) is 11.7 Å². The van der Waals surface area contributed by atoms with Gasteiger partial charge in [-0.1, -0.05) is 38.5 Å². The Bertz CT molecular complexity index is 354. The van der Waals surface area contributed by atoms with Gasteiger partial charge in [-0.05, 0) is 29.9 Å². The zero-order valence-corrected chi connectivity index (χ0v) is 12.3. The summed E-state index contributed by atoms with van der Waals surface area (Å²) in [6.07, 6.45) is 2.13. The van der Waals surface area contributed by atoms with Gasteiger partial charge in [-0.25, -0.2) is 4.39 Å². The zero-order valence-electron chi connectivity index (χ0n) is 12.3. The van der Waals surface area contributed by atoms with E-state index in [4.69, 9.17) is 4.74 Å². The molecule has 1 atom stereocenters. The highest BCUT2D eigenvalue weighted by Crippen LogP contribution is 2.25. The molecule has 0 heterocycles. The lowest BCUT2D eigenvalue weighted by atomic mass is 9.91. The van der Waals surface area contributed by atoms with E-state index in [0.717, 1.165) is 31.5 Å². The zero-order chi connectivity index (χ0) is 14.1. The fraction of sp³-hybridized carbons (Fsp3) is 0.625. The Balaban J connectivity index is 2.60. The summed E-state index contributed by atoms with van der Waals surface area (Å²) in [6, 6.07) is 7.11. The van der Waals surface area contributed by atoms with Crippen molar-refractivity contribution >= 4 is 0 Å². The van der Waals surface area contributed by atoms with Crippen molar-refractivity contribution in [1.82, 2.24) is 5.32 Å². The number of rotatable bonds is 9. The van der Waals surface area contributed by atoms with E-state index in [9.17, 15) is 4.39 Å². The van der Waals surface area contributed by atoms with Crippen LogP contribution in [0.25, 0.3) is 0 Å². The van der Waals surface area contributed by atoms with Crippen LogP contribution in [0.2, 0.25) is 0 Å². The van der Waals surface area contributed by atoms with E-state index < -0.39 is 0 Å². The second-order valence-corrected chi connectivity index (χ2v) is 5.39. The van der Waals surface area contributed by atoms with Crippen LogP contribution in [0.5, 0.6) is 0 Å². The number of hydrogen-bond donors (Lipinski definition) is 1. The normalized spacial score (nSPS) is 12.9. The largest absolute Gasteiger partial charge is 0.383 e. The first-order chi connectivity index (χ1) is 9.15. The second kappa shape index (κ2) is 9.05. The molecule has 108 valence electrons. The van der Waals surface area contributed by atoms with Crippen molar-refractivity contribution in [2.24, 2.45) is 5.92 Å². The van der Waals surface area contributed by atoms with Gasteiger partial charge in [0.05, 0.1) is 6.61 Å². The first-order valence-corrected chi connectivity index (χ1v) is 7.09. The summed E-state index contributed by atoms with van der Waals surface area (Å²) in [4.78, 5) is 0. The molecule has 0 saturated heterocycles. The average Bonchev–Trinajstić information content (AvgIpc) is 2.39. The number of ether oxygens (including phenoxy) is 1. The predicted molar refractivity (Wildman–Crippen MR) is 78.0 cm³/mol. The molecule has 2 nitrogen and oxygen atoms in total. The smallest absolute Gasteiger partial charge is 0.126 e. The Labute approximate surface area is 116 Å². The maximum Gasteiger partial charge on any atom is 0.126 e. The third kappa shape index (κ3) is 6.17. The first kappa shape index (κ1) is 16.1. The SMILES string of the molecule is COCCNCC(CCC(C)C)c1ccccc1F. The molecule has 1 unspecified atom stereocenters. The van der Waals surface area contributed by atoms with Gasteiger partial charge in [-0.3, -0.25) is 0 Å². The molecule has 0 saturated carbocycles. The highest BCUT2D eigenvalue weighted by atomic mass is 19.1. The summed E-state index contributed by atoms with van der Waals surface area (Å²) in [7, 11) is 1.69.